The molecule has 2 rings (SSSR count). The van der Waals surface area contributed by atoms with Gasteiger partial charge in [0.2, 0.25) is 5.91 Å². The number of carbonyl (C=O) groups excluding carboxylic acids is 1. The molecule has 0 aromatic rings. The van der Waals surface area contributed by atoms with Crippen LogP contribution >= 0.6 is 0 Å². The molecule has 2 saturated heterocycles. The fourth-order valence-corrected chi connectivity index (χ4v) is 3.29. The molecule has 0 aliphatic carbocycles. The summed E-state index contributed by atoms with van der Waals surface area (Å²) in [5.41, 5.74) is 0. The van der Waals surface area contributed by atoms with Crippen LogP contribution in [0.3, 0.4) is 0 Å². The first kappa shape index (κ1) is 14.8. The van der Waals surface area contributed by atoms with Crippen LogP contribution in [0, 0.1) is 0 Å². The highest BCUT2D eigenvalue weighted by atomic mass is 16.2. The Hall–Kier alpha value is -0.610. The lowest BCUT2D eigenvalue weighted by Crippen LogP contribution is -2.40. The lowest BCUT2D eigenvalue weighted by Gasteiger charge is -2.27. The summed E-state index contributed by atoms with van der Waals surface area (Å²) in [6.07, 6.45) is 8.05. The van der Waals surface area contributed by atoms with Crippen molar-refractivity contribution in [2.45, 2.75) is 57.0 Å². The van der Waals surface area contributed by atoms with Crippen LogP contribution in [0.5, 0.6) is 0 Å². The number of amides is 1. The predicted octanol–water partition coefficient (Wildman–Crippen LogP) is 1.46. The zero-order chi connectivity index (χ0) is 13.7. The van der Waals surface area contributed by atoms with Crippen molar-refractivity contribution >= 4 is 5.91 Å². The van der Waals surface area contributed by atoms with E-state index in [9.17, 15) is 4.79 Å². The summed E-state index contributed by atoms with van der Waals surface area (Å²) in [4.78, 5) is 16.5. The summed E-state index contributed by atoms with van der Waals surface area (Å²) in [7, 11) is 4.13. The van der Waals surface area contributed by atoms with Crippen LogP contribution in [-0.2, 0) is 4.79 Å². The Bertz CT molecular complexity index is 289. The van der Waals surface area contributed by atoms with E-state index in [1.54, 1.807) is 0 Å². The number of nitrogens with zero attached hydrogens (tertiary/aromatic N) is 2. The van der Waals surface area contributed by atoms with Gasteiger partial charge in [0.05, 0.1) is 0 Å². The SMILES string of the molecule is CN(CC1CCCN1C)C(=O)CCC1CCCCN1. The monoisotopic (exact) mass is 267 g/mol. The van der Waals surface area contributed by atoms with Crippen LogP contribution < -0.4 is 5.32 Å². The van der Waals surface area contributed by atoms with Crippen LogP contribution in [-0.4, -0.2) is 61.5 Å². The van der Waals surface area contributed by atoms with Crippen LogP contribution in [0.25, 0.3) is 0 Å². The van der Waals surface area contributed by atoms with Crippen molar-refractivity contribution in [1.82, 2.24) is 15.1 Å². The zero-order valence-corrected chi connectivity index (χ0v) is 12.5. The third kappa shape index (κ3) is 4.46. The molecule has 2 unspecified atom stereocenters. The molecule has 2 aliphatic heterocycles. The maximum absolute atomic E-state index is 12.2. The second kappa shape index (κ2) is 7.25. The molecule has 4 nitrogen and oxygen atoms in total. The minimum Gasteiger partial charge on any atom is -0.344 e. The van der Waals surface area contributed by atoms with Crippen molar-refractivity contribution in [1.29, 1.82) is 0 Å². The summed E-state index contributed by atoms with van der Waals surface area (Å²) >= 11 is 0. The fourth-order valence-electron chi connectivity index (χ4n) is 3.29. The highest BCUT2D eigenvalue weighted by Gasteiger charge is 2.24. The second-order valence-corrected chi connectivity index (χ2v) is 6.24. The first-order valence-electron chi connectivity index (χ1n) is 7.84. The minimum absolute atomic E-state index is 0.313. The van der Waals surface area contributed by atoms with E-state index in [-0.39, 0.29) is 0 Å². The van der Waals surface area contributed by atoms with Crippen LogP contribution in [0.1, 0.15) is 44.9 Å². The molecule has 110 valence electrons. The van der Waals surface area contributed by atoms with Crippen molar-refractivity contribution in [3.05, 3.63) is 0 Å². The molecule has 0 aromatic carbocycles. The largest absolute Gasteiger partial charge is 0.344 e. The minimum atomic E-state index is 0.313. The molecular weight excluding hydrogens is 238 g/mol. The fraction of sp³-hybridized carbons (Fsp3) is 0.933. The van der Waals surface area contributed by atoms with Gasteiger partial charge in [-0.05, 0) is 52.2 Å². The molecule has 2 fully saturated rings. The molecule has 19 heavy (non-hydrogen) atoms. The van der Waals surface area contributed by atoms with E-state index in [0.717, 1.165) is 19.5 Å². The van der Waals surface area contributed by atoms with Crippen molar-refractivity contribution in [2.75, 3.05) is 33.7 Å². The number of likely N-dealkylation sites (tertiary alicyclic amines) is 1. The summed E-state index contributed by atoms with van der Waals surface area (Å²) in [6.45, 7) is 3.20. The highest BCUT2D eigenvalue weighted by Crippen LogP contribution is 2.16. The van der Waals surface area contributed by atoms with E-state index in [2.05, 4.69) is 17.3 Å². The van der Waals surface area contributed by atoms with Gasteiger partial charge >= 0.3 is 0 Å². The maximum atomic E-state index is 12.2. The number of nitrogens with one attached hydrogen (secondary N) is 1. The second-order valence-electron chi connectivity index (χ2n) is 6.24. The summed E-state index contributed by atoms with van der Waals surface area (Å²) < 4.78 is 0. The van der Waals surface area contributed by atoms with Gasteiger partial charge < -0.3 is 15.1 Å². The predicted molar refractivity (Wildman–Crippen MR) is 78.2 cm³/mol. The molecular formula is C15H29N3O. The number of hydrogen-bond acceptors (Lipinski definition) is 3. The van der Waals surface area contributed by atoms with Crippen LogP contribution in [0.2, 0.25) is 0 Å². The molecule has 2 heterocycles. The molecule has 4 heteroatoms. The summed E-state index contributed by atoms with van der Waals surface area (Å²) in [6, 6.07) is 1.14. The van der Waals surface area contributed by atoms with Gasteiger partial charge in [-0.3, -0.25) is 4.79 Å². The normalized spacial score (nSPS) is 28.5. The van der Waals surface area contributed by atoms with E-state index < -0.39 is 0 Å². The molecule has 0 bridgehead atoms. The lowest BCUT2D eigenvalue weighted by atomic mass is 10.0. The Balaban J connectivity index is 1.66. The quantitative estimate of drug-likeness (QED) is 0.819. The van der Waals surface area contributed by atoms with Gasteiger partial charge in [0.25, 0.3) is 0 Å². The van der Waals surface area contributed by atoms with E-state index >= 15 is 0 Å². The molecule has 1 N–H and O–H groups in total. The van der Waals surface area contributed by atoms with Gasteiger partial charge in [0.1, 0.15) is 0 Å². The molecule has 0 saturated carbocycles. The van der Waals surface area contributed by atoms with Crippen LogP contribution in [0.15, 0.2) is 0 Å². The van der Waals surface area contributed by atoms with E-state index in [0.29, 0.717) is 24.4 Å². The van der Waals surface area contributed by atoms with Crippen molar-refractivity contribution < 1.29 is 4.79 Å². The smallest absolute Gasteiger partial charge is 0.222 e. The Kier molecular flexibility index (Phi) is 5.64. The molecule has 0 radical (unpaired) electrons. The first-order valence-corrected chi connectivity index (χ1v) is 7.84. The summed E-state index contributed by atoms with van der Waals surface area (Å²) in [5, 5.41) is 3.51. The summed E-state index contributed by atoms with van der Waals surface area (Å²) in [5.74, 6) is 0.313. The highest BCUT2D eigenvalue weighted by molar-refractivity contribution is 5.75. The zero-order valence-electron chi connectivity index (χ0n) is 12.5. The first-order chi connectivity index (χ1) is 9.16. The Morgan fingerprint density at radius 1 is 1.32 bits per heavy atom. The molecule has 0 aromatic heterocycles. The van der Waals surface area contributed by atoms with E-state index in [1.807, 2.05) is 11.9 Å². The standard InChI is InChI=1S/C15H29N3O/c1-17-11-5-7-14(17)12-18(2)15(19)9-8-13-6-3-4-10-16-13/h13-14,16H,3-12H2,1-2H3. The number of carbonyl (C=O) groups is 1. The Labute approximate surface area is 117 Å². The van der Waals surface area contributed by atoms with Gasteiger partial charge in [0, 0.05) is 32.1 Å². The number of piperidine rings is 1. The number of rotatable bonds is 5. The van der Waals surface area contributed by atoms with Crippen molar-refractivity contribution in [3.63, 3.8) is 0 Å². The third-order valence-electron chi connectivity index (χ3n) is 4.70. The molecule has 0 spiro atoms. The average molecular weight is 267 g/mol. The number of hydrogen-bond donors (Lipinski definition) is 1. The maximum Gasteiger partial charge on any atom is 0.222 e. The van der Waals surface area contributed by atoms with Crippen LogP contribution in [0.4, 0.5) is 0 Å². The van der Waals surface area contributed by atoms with Crippen molar-refractivity contribution in [2.24, 2.45) is 0 Å². The van der Waals surface area contributed by atoms with Gasteiger partial charge in [-0.1, -0.05) is 6.42 Å². The van der Waals surface area contributed by atoms with Gasteiger partial charge in [0.15, 0.2) is 0 Å². The van der Waals surface area contributed by atoms with E-state index in [1.165, 1.54) is 38.6 Å². The lowest BCUT2D eigenvalue weighted by molar-refractivity contribution is -0.130. The Morgan fingerprint density at radius 2 is 2.16 bits per heavy atom. The van der Waals surface area contributed by atoms with Gasteiger partial charge in [-0.25, -0.2) is 0 Å². The van der Waals surface area contributed by atoms with Crippen molar-refractivity contribution in [3.8, 4) is 0 Å². The third-order valence-corrected chi connectivity index (χ3v) is 4.70. The van der Waals surface area contributed by atoms with Gasteiger partial charge in [-0.15, -0.1) is 0 Å². The Morgan fingerprint density at radius 3 is 2.79 bits per heavy atom. The van der Waals surface area contributed by atoms with Gasteiger partial charge in [-0.2, -0.15) is 0 Å². The molecule has 1 amide bonds. The molecule has 2 atom stereocenters. The van der Waals surface area contributed by atoms with E-state index in [4.69, 9.17) is 0 Å². The molecule has 2 aliphatic rings. The number of likely N-dealkylation sites (N-methyl/N-ethyl adjacent to an activating group) is 2. The topological polar surface area (TPSA) is 35.6 Å². The average Bonchev–Trinajstić information content (AvgIpc) is 2.82.